The molecule has 0 saturated carbocycles. The lowest BCUT2D eigenvalue weighted by Crippen LogP contribution is -2.18. The van der Waals surface area contributed by atoms with Crippen molar-refractivity contribution in [2.24, 2.45) is 0 Å². The summed E-state index contributed by atoms with van der Waals surface area (Å²) in [6, 6.07) is 10.1. The number of nitrogens with zero attached hydrogens (tertiary/aromatic N) is 1. The highest BCUT2D eigenvalue weighted by Gasteiger charge is 2.07. The van der Waals surface area contributed by atoms with E-state index in [1.807, 2.05) is 25.1 Å². The number of hydrogen-bond donors (Lipinski definition) is 2. The van der Waals surface area contributed by atoms with E-state index >= 15 is 0 Å². The Balaban J connectivity index is 1.94. The first-order chi connectivity index (χ1) is 11.1. The second kappa shape index (κ2) is 8.65. The van der Waals surface area contributed by atoms with Gasteiger partial charge in [0.05, 0.1) is 11.8 Å². The molecule has 0 aliphatic heterocycles. The van der Waals surface area contributed by atoms with Crippen LogP contribution in [0.1, 0.15) is 35.7 Å². The molecular weight excluding hydrogens is 288 g/mol. The summed E-state index contributed by atoms with van der Waals surface area (Å²) in [5.74, 6) is 0.934. The summed E-state index contributed by atoms with van der Waals surface area (Å²) >= 11 is 0. The van der Waals surface area contributed by atoms with Crippen molar-refractivity contribution >= 4 is 0 Å². The van der Waals surface area contributed by atoms with Crippen LogP contribution in [-0.2, 0) is 13.2 Å². The molecule has 0 amide bonds. The molecule has 2 aromatic rings. The van der Waals surface area contributed by atoms with Crippen molar-refractivity contribution in [3.05, 3.63) is 58.9 Å². The van der Waals surface area contributed by atoms with Crippen LogP contribution in [0.3, 0.4) is 0 Å². The normalized spacial score (nSPS) is 12.2. The van der Waals surface area contributed by atoms with E-state index in [0.717, 1.165) is 42.1 Å². The van der Waals surface area contributed by atoms with Crippen LogP contribution < -0.4 is 10.1 Å². The lowest BCUT2D eigenvalue weighted by atomic mass is 10.1. The van der Waals surface area contributed by atoms with Gasteiger partial charge in [-0.15, -0.1) is 0 Å². The Bertz CT molecular complexity index is 589. The maximum Gasteiger partial charge on any atom is 0.130 e. The highest BCUT2D eigenvalue weighted by atomic mass is 16.5. The smallest absolute Gasteiger partial charge is 0.130 e. The third-order valence-corrected chi connectivity index (χ3v) is 3.68. The molecule has 0 bridgehead atoms. The SMILES string of the molecule is Cc1cc(CNCCC(C)O)cc(C)c1OCc1ccccn1. The lowest BCUT2D eigenvalue weighted by molar-refractivity contribution is 0.183. The van der Waals surface area contributed by atoms with Gasteiger partial charge < -0.3 is 15.2 Å². The van der Waals surface area contributed by atoms with Crippen LogP contribution in [0, 0.1) is 13.8 Å². The van der Waals surface area contributed by atoms with E-state index in [9.17, 15) is 5.11 Å². The van der Waals surface area contributed by atoms with Crippen molar-refractivity contribution in [2.75, 3.05) is 6.54 Å². The predicted octanol–water partition coefficient (Wildman–Crippen LogP) is 3.14. The zero-order valence-electron chi connectivity index (χ0n) is 14.2. The van der Waals surface area contributed by atoms with E-state index in [4.69, 9.17) is 4.74 Å². The molecule has 1 aromatic carbocycles. The van der Waals surface area contributed by atoms with Crippen LogP contribution >= 0.6 is 0 Å². The summed E-state index contributed by atoms with van der Waals surface area (Å²) in [6.45, 7) is 8.04. The fourth-order valence-corrected chi connectivity index (χ4v) is 2.54. The van der Waals surface area contributed by atoms with Gasteiger partial charge in [-0.05, 0) is 62.6 Å². The van der Waals surface area contributed by atoms with Gasteiger partial charge in [0, 0.05) is 12.7 Å². The van der Waals surface area contributed by atoms with Gasteiger partial charge in [-0.3, -0.25) is 4.98 Å². The number of aliphatic hydroxyl groups is 1. The van der Waals surface area contributed by atoms with E-state index in [0.29, 0.717) is 6.61 Å². The minimum atomic E-state index is -0.256. The standard InChI is InChI=1S/C19H26N2O2/c1-14-10-17(12-20-9-7-16(3)22)11-15(2)19(14)23-13-18-6-4-5-8-21-18/h4-6,8,10-11,16,20,22H,7,9,12-13H2,1-3H3. The Hall–Kier alpha value is -1.91. The van der Waals surface area contributed by atoms with Crippen molar-refractivity contribution in [3.8, 4) is 5.75 Å². The maximum atomic E-state index is 9.27. The van der Waals surface area contributed by atoms with E-state index in [2.05, 4.69) is 36.3 Å². The summed E-state index contributed by atoms with van der Waals surface area (Å²) in [6.07, 6.45) is 2.29. The van der Waals surface area contributed by atoms with Crippen LogP contribution in [0.15, 0.2) is 36.5 Å². The first kappa shape index (κ1) is 17.4. The number of aliphatic hydroxyl groups excluding tert-OH is 1. The number of aromatic nitrogens is 1. The van der Waals surface area contributed by atoms with Crippen LogP contribution in [0.2, 0.25) is 0 Å². The summed E-state index contributed by atoms with van der Waals surface area (Å²) in [4.78, 5) is 4.28. The molecule has 0 saturated heterocycles. The third-order valence-electron chi connectivity index (χ3n) is 3.68. The zero-order valence-corrected chi connectivity index (χ0v) is 14.2. The van der Waals surface area contributed by atoms with Gasteiger partial charge in [0.2, 0.25) is 0 Å². The van der Waals surface area contributed by atoms with E-state index in [-0.39, 0.29) is 6.10 Å². The first-order valence-electron chi connectivity index (χ1n) is 8.08. The molecule has 23 heavy (non-hydrogen) atoms. The Morgan fingerprint density at radius 3 is 2.57 bits per heavy atom. The van der Waals surface area contributed by atoms with Crippen molar-refractivity contribution < 1.29 is 9.84 Å². The number of ether oxygens (including phenoxy) is 1. The van der Waals surface area contributed by atoms with Crippen molar-refractivity contribution in [1.29, 1.82) is 0 Å². The topological polar surface area (TPSA) is 54.4 Å². The Morgan fingerprint density at radius 1 is 1.22 bits per heavy atom. The van der Waals surface area contributed by atoms with Crippen LogP contribution in [0.25, 0.3) is 0 Å². The van der Waals surface area contributed by atoms with Gasteiger partial charge in [0.15, 0.2) is 0 Å². The number of nitrogens with one attached hydrogen (secondary N) is 1. The average molecular weight is 314 g/mol. The van der Waals surface area contributed by atoms with E-state index < -0.39 is 0 Å². The average Bonchev–Trinajstić information content (AvgIpc) is 2.51. The number of benzene rings is 1. The van der Waals surface area contributed by atoms with Crippen LogP contribution in [-0.4, -0.2) is 22.7 Å². The summed E-state index contributed by atoms with van der Waals surface area (Å²) in [5, 5.41) is 12.6. The van der Waals surface area contributed by atoms with E-state index in [1.165, 1.54) is 5.56 Å². The quantitative estimate of drug-likeness (QED) is 0.735. The molecule has 0 aliphatic carbocycles. The molecule has 4 heteroatoms. The summed E-state index contributed by atoms with van der Waals surface area (Å²) < 4.78 is 5.95. The fraction of sp³-hybridized carbons (Fsp3) is 0.421. The highest BCUT2D eigenvalue weighted by Crippen LogP contribution is 2.25. The van der Waals surface area contributed by atoms with Gasteiger partial charge in [-0.25, -0.2) is 0 Å². The highest BCUT2D eigenvalue weighted by molar-refractivity contribution is 5.43. The molecule has 1 unspecified atom stereocenters. The van der Waals surface area contributed by atoms with Gasteiger partial charge in [0.1, 0.15) is 12.4 Å². The molecular formula is C19H26N2O2. The minimum absolute atomic E-state index is 0.256. The molecule has 0 spiro atoms. The zero-order chi connectivity index (χ0) is 16.7. The number of aryl methyl sites for hydroxylation is 2. The summed E-state index contributed by atoms with van der Waals surface area (Å²) in [5.41, 5.74) is 4.42. The van der Waals surface area contributed by atoms with E-state index in [1.54, 1.807) is 6.20 Å². The van der Waals surface area contributed by atoms with Crippen molar-refractivity contribution in [1.82, 2.24) is 10.3 Å². The van der Waals surface area contributed by atoms with Crippen LogP contribution in [0.5, 0.6) is 5.75 Å². The van der Waals surface area contributed by atoms with Crippen molar-refractivity contribution in [2.45, 2.75) is 46.4 Å². The second-order valence-electron chi connectivity index (χ2n) is 5.98. The molecule has 1 aromatic heterocycles. The largest absolute Gasteiger partial charge is 0.487 e. The molecule has 0 fully saturated rings. The Labute approximate surface area is 138 Å². The molecule has 2 N–H and O–H groups in total. The Kier molecular flexibility index (Phi) is 6.56. The molecule has 2 rings (SSSR count). The van der Waals surface area contributed by atoms with Gasteiger partial charge >= 0.3 is 0 Å². The number of hydrogen-bond acceptors (Lipinski definition) is 4. The monoisotopic (exact) mass is 314 g/mol. The second-order valence-corrected chi connectivity index (χ2v) is 5.98. The molecule has 0 aliphatic rings. The minimum Gasteiger partial charge on any atom is -0.487 e. The van der Waals surface area contributed by atoms with Crippen LogP contribution in [0.4, 0.5) is 0 Å². The molecule has 124 valence electrons. The van der Waals surface area contributed by atoms with Crippen molar-refractivity contribution in [3.63, 3.8) is 0 Å². The third kappa shape index (κ3) is 5.66. The lowest BCUT2D eigenvalue weighted by Gasteiger charge is -2.14. The van der Waals surface area contributed by atoms with Gasteiger partial charge in [-0.2, -0.15) is 0 Å². The number of rotatable bonds is 8. The summed E-state index contributed by atoms with van der Waals surface area (Å²) in [7, 11) is 0. The van der Waals surface area contributed by atoms with Gasteiger partial charge in [0.25, 0.3) is 0 Å². The maximum absolute atomic E-state index is 9.27. The fourth-order valence-electron chi connectivity index (χ4n) is 2.54. The first-order valence-corrected chi connectivity index (χ1v) is 8.08. The molecule has 1 heterocycles. The predicted molar refractivity (Wildman–Crippen MR) is 92.5 cm³/mol. The number of pyridine rings is 1. The molecule has 1 atom stereocenters. The Morgan fingerprint density at radius 2 is 1.96 bits per heavy atom. The van der Waals surface area contributed by atoms with Gasteiger partial charge in [-0.1, -0.05) is 18.2 Å². The molecule has 4 nitrogen and oxygen atoms in total. The molecule has 0 radical (unpaired) electrons.